The van der Waals surface area contributed by atoms with Crippen molar-refractivity contribution in [1.29, 1.82) is 0 Å². The summed E-state index contributed by atoms with van der Waals surface area (Å²) in [6, 6.07) is 17.4. The summed E-state index contributed by atoms with van der Waals surface area (Å²) in [7, 11) is 0. The van der Waals surface area contributed by atoms with Crippen LogP contribution in [0.2, 0.25) is 5.02 Å². The van der Waals surface area contributed by atoms with E-state index in [-0.39, 0.29) is 11.8 Å². The zero-order chi connectivity index (χ0) is 21.9. The molecule has 0 aromatic heterocycles. The van der Waals surface area contributed by atoms with Gasteiger partial charge in [0.2, 0.25) is 5.91 Å². The van der Waals surface area contributed by atoms with Crippen LogP contribution in [0.1, 0.15) is 41.6 Å². The van der Waals surface area contributed by atoms with Gasteiger partial charge in [-0.15, -0.1) is 0 Å². The average molecular weight is 442 g/mol. The summed E-state index contributed by atoms with van der Waals surface area (Å²) in [6.45, 7) is 5.18. The maximum absolute atomic E-state index is 12.6. The fourth-order valence-corrected chi connectivity index (χ4v) is 4.02. The van der Waals surface area contributed by atoms with E-state index in [0.29, 0.717) is 30.0 Å². The first-order chi connectivity index (χ1) is 15.1. The Morgan fingerprint density at radius 3 is 2.45 bits per heavy atom. The largest absolute Gasteiger partial charge is 0.352 e. The summed E-state index contributed by atoms with van der Waals surface area (Å²) < 4.78 is 0. The molecule has 5 nitrogen and oxygen atoms in total. The maximum Gasteiger partial charge on any atom is 0.251 e. The molecule has 0 bridgehead atoms. The third-order valence-corrected chi connectivity index (χ3v) is 5.94. The van der Waals surface area contributed by atoms with Gasteiger partial charge < -0.3 is 15.1 Å². The van der Waals surface area contributed by atoms with Crippen LogP contribution >= 0.6 is 11.6 Å². The molecule has 2 aromatic carbocycles. The molecule has 1 saturated heterocycles. The number of nitrogens with zero attached hydrogens (tertiary/aromatic N) is 2. The number of rotatable bonds is 9. The number of hydrogen-bond acceptors (Lipinski definition) is 3. The van der Waals surface area contributed by atoms with E-state index >= 15 is 0 Å². The Labute approximate surface area is 190 Å². The van der Waals surface area contributed by atoms with Gasteiger partial charge in [0.05, 0.1) is 0 Å². The van der Waals surface area contributed by atoms with Crippen LogP contribution in [0, 0.1) is 0 Å². The predicted molar refractivity (Wildman–Crippen MR) is 125 cm³/mol. The quantitative estimate of drug-likeness (QED) is 0.598. The molecular weight excluding hydrogens is 410 g/mol. The fraction of sp³-hybridized carbons (Fsp3) is 0.440. The van der Waals surface area contributed by atoms with E-state index < -0.39 is 0 Å². The molecule has 0 atom stereocenters. The molecule has 0 radical (unpaired) electrons. The monoisotopic (exact) mass is 441 g/mol. The summed E-state index contributed by atoms with van der Waals surface area (Å²) >= 11 is 5.85. The number of carbonyl (C=O) groups is 2. The molecule has 2 amide bonds. The Morgan fingerprint density at radius 1 is 0.903 bits per heavy atom. The third-order valence-electron chi connectivity index (χ3n) is 5.68. The van der Waals surface area contributed by atoms with Crippen LogP contribution in [-0.2, 0) is 11.2 Å². The molecule has 166 valence electrons. The summed E-state index contributed by atoms with van der Waals surface area (Å²) in [5.41, 5.74) is 1.97. The van der Waals surface area contributed by atoms with E-state index in [0.717, 1.165) is 52.0 Å². The average Bonchev–Trinajstić information content (AvgIpc) is 3.03. The van der Waals surface area contributed by atoms with Crippen molar-refractivity contribution < 1.29 is 9.59 Å². The van der Waals surface area contributed by atoms with Crippen molar-refractivity contribution in [3.05, 3.63) is 70.7 Å². The molecule has 2 aromatic rings. The van der Waals surface area contributed by atoms with Crippen LogP contribution < -0.4 is 5.32 Å². The van der Waals surface area contributed by atoms with Gasteiger partial charge in [0.1, 0.15) is 0 Å². The zero-order valence-electron chi connectivity index (χ0n) is 18.1. The van der Waals surface area contributed by atoms with Gasteiger partial charge in [-0.25, -0.2) is 0 Å². The number of nitrogens with one attached hydrogen (secondary N) is 1. The molecule has 1 aliphatic rings. The normalized spacial score (nSPS) is 14.8. The fourth-order valence-electron chi connectivity index (χ4n) is 3.90. The van der Waals surface area contributed by atoms with Crippen LogP contribution in [0.15, 0.2) is 54.6 Å². The highest BCUT2D eigenvalue weighted by Gasteiger charge is 2.18. The van der Waals surface area contributed by atoms with E-state index in [1.807, 2.05) is 4.90 Å². The molecule has 1 aliphatic heterocycles. The number of hydrogen-bond donors (Lipinski definition) is 1. The number of aryl methyl sites for hydroxylation is 1. The zero-order valence-corrected chi connectivity index (χ0v) is 18.8. The molecule has 1 N–H and O–H groups in total. The minimum Gasteiger partial charge on any atom is -0.352 e. The molecule has 6 heteroatoms. The summed E-state index contributed by atoms with van der Waals surface area (Å²) in [4.78, 5) is 29.2. The number of benzene rings is 2. The van der Waals surface area contributed by atoms with Gasteiger partial charge in [-0.2, -0.15) is 0 Å². The van der Waals surface area contributed by atoms with Gasteiger partial charge in [0.15, 0.2) is 0 Å². The van der Waals surface area contributed by atoms with Gasteiger partial charge in [0, 0.05) is 43.2 Å². The van der Waals surface area contributed by atoms with Gasteiger partial charge in [0.25, 0.3) is 5.91 Å². The van der Waals surface area contributed by atoms with E-state index in [9.17, 15) is 9.59 Å². The highest BCUT2D eigenvalue weighted by Crippen LogP contribution is 2.10. The lowest BCUT2D eigenvalue weighted by Crippen LogP contribution is -2.36. The van der Waals surface area contributed by atoms with Crippen molar-refractivity contribution in [3.8, 4) is 0 Å². The standard InChI is InChI=1S/C25H32ClN3O2/c26-23-13-11-22(12-14-23)25(31)27-15-4-10-24(30)29-18-6-17-28(19-20-29)16-5-9-21-7-2-1-3-8-21/h1-3,7-8,11-14H,4-6,9-10,15-20H2,(H,27,31). The topological polar surface area (TPSA) is 52.7 Å². The predicted octanol–water partition coefficient (Wildman–Crippen LogP) is 4.02. The minimum atomic E-state index is -0.134. The number of amides is 2. The molecule has 31 heavy (non-hydrogen) atoms. The van der Waals surface area contributed by atoms with E-state index in [1.165, 1.54) is 5.56 Å². The molecule has 3 rings (SSSR count). The first-order valence-electron chi connectivity index (χ1n) is 11.2. The summed E-state index contributed by atoms with van der Waals surface area (Å²) in [6.07, 6.45) is 4.38. The highest BCUT2D eigenvalue weighted by atomic mass is 35.5. The Kier molecular flexibility index (Phi) is 9.38. The van der Waals surface area contributed by atoms with Crippen molar-refractivity contribution >= 4 is 23.4 Å². The first kappa shape index (κ1) is 23.3. The van der Waals surface area contributed by atoms with Crippen molar-refractivity contribution in [2.75, 3.05) is 39.3 Å². The van der Waals surface area contributed by atoms with Crippen molar-refractivity contribution in [3.63, 3.8) is 0 Å². The van der Waals surface area contributed by atoms with Gasteiger partial charge in [-0.1, -0.05) is 41.9 Å². The van der Waals surface area contributed by atoms with Gasteiger partial charge in [-0.05, 0) is 68.6 Å². The molecule has 0 aliphatic carbocycles. The number of halogens is 1. The lowest BCUT2D eigenvalue weighted by molar-refractivity contribution is -0.131. The molecule has 1 heterocycles. The Morgan fingerprint density at radius 2 is 1.68 bits per heavy atom. The second-order valence-electron chi connectivity index (χ2n) is 8.03. The van der Waals surface area contributed by atoms with E-state index in [2.05, 4.69) is 40.5 Å². The highest BCUT2D eigenvalue weighted by molar-refractivity contribution is 6.30. The third kappa shape index (κ3) is 8.00. The SMILES string of the molecule is O=C(NCCCC(=O)N1CCCN(CCCc2ccccc2)CC1)c1ccc(Cl)cc1. The molecular formula is C25H32ClN3O2. The second-order valence-corrected chi connectivity index (χ2v) is 8.47. The van der Waals surface area contributed by atoms with Crippen LogP contribution in [0.25, 0.3) is 0 Å². The van der Waals surface area contributed by atoms with Crippen molar-refractivity contribution in [2.45, 2.75) is 32.1 Å². The van der Waals surface area contributed by atoms with Crippen LogP contribution in [0.5, 0.6) is 0 Å². The maximum atomic E-state index is 12.6. The van der Waals surface area contributed by atoms with E-state index in [4.69, 9.17) is 11.6 Å². The first-order valence-corrected chi connectivity index (χ1v) is 11.6. The molecule has 0 saturated carbocycles. The lowest BCUT2D eigenvalue weighted by Gasteiger charge is -2.22. The Hall–Kier alpha value is -2.37. The van der Waals surface area contributed by atoms with Crippen LogP contribution in [0.3, 0.4) is 0 Å². The Balaban J connectivity index is 1.31. The van der Waals surface area contributed by atoms with Gasteiger partial charge >= 0.3 is 0 Å². The van der Waals surface area contributed by atoms with Crippen LogP contribution in [-0.4, -0.2) is 60.9 Å². The van der Waals surface area contributed by atoms with Crippen LogP contribution in [0.4, 0.5) is 0 Å². The Bertz CT molecular complexity index is 826. The number of carbonyl (C=O) groups excluding carboxylic acids is 2. The molecule has 0 spiro atoms. The second kappa shape index (κ2) is 12.5. The minimum absolute atomic E-state index is 0.134. The lowest BCUT2D eigenvalue weighted by atomic mass is 10.1. The smallest absolute Gasteiger partial charge is 0.251 e. The molecule has 1 fully saturated rings. The summed E-state index contributed by atoms with van der Waals surface area (Å²) in [5, 5.41) is 3.48. The van der Waals surface area contributed by atoms with Gasteiger partial charge in [-0.3, -0.25) is 9.59 Å². The molecule has 0 unspecified atom stereocenters. The van der Waals surface area contributed by atoms with Crippen molar-refractivity contribution in [2.24, 2.45) is 0 Å². The summed E-state index contributed by atoms with van der Waals surface area (Å²) in [5.74, 6) is 0.0527. The van der Waals surface area contributed by atoms with Crippen molar-refractivity contribution in [1.82, 2.24) is 15.1 Å². The van der Waals surface area contributed by atoms with E-state index in [1.54, 1.807) is 24.3 Å².